The molecule has 1 aromatic carbocycles. The van der Waals surface area contributed by atoms with Gasteiger partial charge < -0.3 is 0 Å². The minimum atomic E-state index is -0.177. The van der Waals surface area contributed by atoms with Crippen LogP contribution in [-0.2, 0) is 0 Å². The molecule has 0 radical (unpaired) electrons. The van der Waals surface area contributed by atoms with Gasteiger partial charge in [0.2, 0.25) is 0 Å². The fourth-order valence-corrected chi connectivity index (χ4v) is 0.956. The van der Waals surface area contributed by atoms with E-state index in [1.54, 1.807) is 12.1 Å². The van der Waals surface area contributed by atoms with Crippen molar-refractivity contribution in [2.24, 2.45) is 10.5 Å². The Bertz CT molecular complexity index is 388. The average Bonchev–Trinajstić information content (AvgIpc) is 2.25. The number of carbonyl (C=O) groups is 1. The molecule has 86 valence electrons. The van der Waals surface area contributed by atoms with Gasteiger partial charge in [-0.05, 0) is 19.1 Å². The van der Waals surface area contributed by atoms with Crippen LogP contribution in [0.15, 0.2) is 35.4 Å². The number of hydrazone groups is 1. The van der Waals surface area contributed by atoms with Gasteiger partial charge in [0.25, 0.3) is 5.91 Å². The monoisotopic (exact) mass is 218 g/mol. The van der Waals surface area contributed by atoms with E-state index in [0.717, 1.165) is 5.71 Å². The molecule has 1 amide bonds. The zero-order valence-corrected chi connectivity index (χ0v) is 10.2. The van der Waals surface area contributed by atoms with E-state index < -0.39 is 0 Å². The van der Waals surface area contributed by atoms with E-state index in [4.69, 9.17) is 0 Å². The quantitative estimate of drug-likeness (QED) is 0.602. The van der Waals surface area contributed by atoms with Crippen molar-refractivity contribution in [3.63, 3.8) is 0 Å². The van der Waals surface area contributed by atoms with E-state index in [1.165, 1.54) is 0 Å². The Morgan fingerprint density at radius 3 is 2.25 bits per heavy atom. The van der Waals surface area contributed by atoms with Gasteiger partial charge in [0.1, 0.15) is 0 Å². The Hall–Kier alpha value is -1.64. The summed E-state index contributed by atoms with van der Waals surface area (Å²) in [5.41, 5.74) is 4.05. The van der Waals surface area contributed by atoms with E-state index in [0.29, 0.717) is 5.56 Å². The molecule has 0 saturated heterocycles. The molecule has 3 nitrogen and oxygen atoms in total. The van der Waals surface area contributed by atoms with Crippen molar-refractivity contribution in [3.8, 4) is 0 Å². The minimum absolute atomic E-state index is 0.0238. The Morgan fingerprint density at radius 1 is 1.19 bits per heavy atom. The lowest BCUT2D eigenvalue weighted by Crippen LogP contribution is -2.24. The van der Waals surface area contributed by atoms with Gasteiger partial charge in [-0.2, -0.15) is 5.10 Å². The fourth-order valence-electron chi connectivity index (χ4n) is 0.956. The van der Waals surface area contributed by atoms with E-state index in [2.05, 4.69) is 31.3 Å². The van der Waals surface area contributed by atoms with Gasteiger partial charge in [-0.15, -0.1) is 0 Å². The van der Waals surface area contributed by atoms with Crippen LogP contribution in [0.4, 0.5) is 0 Å². The van der Waals surface area contributed by atoms with Crippen molar-refractivity contribution in [2.75, 3.05) is 0 Å². The lowest BCUT2D eigenvalue weighted by Gasteiger charge is -2.17. The van der Waals surface area contributed by atoms with Crippen molar-refractivity contribution >= 4 is 11.6 Å². The van der Waals surface area contributed by atoms with Crippen LogP contribution in [0.25, 0.3) is 0 Å². The molecule has 3 heteroatoms. The van der Waals surface area contributed by atoms with Crippen molar-refractivity contribution < 1.29 is 4.79 Å². The summed E-state index contributed by atoms with van der Waals surface area (Å²) in [7, 11) is 0. The Morgan fingerprint density at radius 2 is 1.75 bits per heavy atom. The minimum Gasteiger partial charge on any atom is -0.267 e. The normalized spacial score (nSPS) is 12.4. The highest BCUT2D eigenvalue weighted by molar-refractivity contribution is 5.95. The Labute approximate surface area is 96.6 Å². The standard InChI is InChI=1S/C13H18N2O/c1-10(13(2,3)4)14-15-12(16)11-8-6-5-7-9-11/h5-9H,1-4H3,(H,15,16)/b14-10-. The first kappa shape index (κ1) is 12.4. The number of hydrogen-bond donors (Lipinski definition) is 1. The van der Waals surface area contributed by atoms with E-state index in [1.807, 2.05) is 25.1 Å². The number of amides is 1. The van der Waals surface area contributed by atoms with E-state index in [9.17, 15) is 4.79 Å². The van der Waals surface area contributed by atoms with Gasteiger partial charge in [0.15, 0.2) is 0 Å². The van der Waals surface area contributed by atoms with Crippen LogP contribution in [-0.4, -0.2) is 11.6 Å². The molecule has 0 heterocycles. The average molecular weight is 218 g/mol. The number of nitrogens with zero attached hydrogens (tertiary/aromatic N) is 1. The third-order valence-corrected chi connectivity index (χ3v) is 2.45. The molecule has 0 aromatic heterocycles. The molecule has 0 spiro atoms. The summed E-state index contributed by atoms with van der Waals surface area (Å²) >= 11 is 0. The zero-order valence-electron chi connectivity index (χ0n) is 10.2. The second-order valence-corrected chi connectivity index (χ2v) is 4.75. The number of rotatable bonds is 2. The first-order valence-corrected chi connectivity index (χ1v) is 5.31. The molecule has 1 N–H and O–H groups in total. The first-order chi connectivity index (χ1) is 7.41. The maximum absolute atomic E-state index is 11.7. The molecule has 0 atom stereocenters. The topological polar surface area (TPSA) is 41.5 Å². The molecule has 0 aliphatic carbocycles. The number of nitrogens with one attached hydrogen (secondary N) is 1. The Balaban J connectivity index is 2.67. The predicted octanol–water partition coefficient (Wildman–Crippen LogP) is 2.84. The van der Waals surface area contributed by atoms with Gasteiger partial charge >= 0.3 is 0 Å². The summed E-state index contributed by atoms with van der Waals surface area (Å²) in [5, 5.41) is 4.09. The second-order valence-electron chi connectivity index (χ2n) is 4.75. The molecular weight excluding hydrogens is 200 g/mol. The largest absolute Gasteiger partial charge is 0.271 e. The van der Waals surface area contributed by atoms with Crippen molar-refractivity contribution in [2.45, 2.75) is 27.7 Å². The molecular formula is C13H18N2O. The van der Waals surface area contributed by atoms with Crippen LogP contribution >= 0.6 is 0 Å². The summed E-state index contributed by atoms with van der Waals surface area (Å²) in [6.07, 6.45) is 0. The van der Waals surface area contributed by atoms with Crippen LogP contribution in [0.3, 0.4) is 0 Å². The predicted molar refractivity (Wildman–Crippen MR) is 66.5 cm³/mol. The number of hydrogen-bond acceptors (Lipinski definition) is 2. The summed E-state index contributed by atoms with van der Waals surface area (Å²) in [5.74, 6) is -0.177. The van der Waals surface area contributed by atoms with Gasteiger partial charge in [0.05, 0.1) is 0 Å². The number of carbonyl (C=O) groups excluding carboxylic acids is 1. The molecule has 1 aromatic rings. The molecule has 0 unspecified atom stereocenters. The van der Waals surface area contributed by atoms with Gasteiger partial charge in [0, 0.05) is 16.7 Å². The molecule has 1 rings (SSSR count). The molecule has 0 fully saturated rings. The molecule has 0 aliphatic rings. The highest BCUT2D eigenvalue weighted by Gasteiger charge is 2.14. The van der Waals surface area contributed by atoms with Crippen LogP contribution in [0, 0.1) is 5.41 Å². The molecule has 0 bridgehead atoms. The molecule has 16 heavy (non-hydrogen) atoms. The van der Waals surface area contributed by atoms with Gasteiger partial charge in [-0.1, -0.05) is 39.0 Å². The maximum atomic E-state index is 11.7. The molecule has 0 saturated carbocycles. The summed E-state index contributed by atoms with van der Waals surface area (Å²) in [6.45, 7) is 8.08. The van der Waals surface area contributed by atoms with E-state index in [-0.39, 0.29) is 11.3 Å². The third-order valence-electron chi connectivity index (χ3n) is 2.45. The van der Waals surface area contributed by atoms with Crippen molar-refractivity contribution in [1.29, 1.82) is 0 Å². The maximum Gasteiger partial charge on any atom is 0.271 e. The lowest BCUT2D eigenvalue weighted by atomic mass is 9.91. The summed E-state index contributed by atoms with van der Waals surface area (Å²) in [6, 6.07) is 9.06. The van der Waals surface area contributed by atoms with Crippen LogP contribution in [0.1, 0.15) is 38.1 Å². The summed E-state index contributed by atoms with van der Waals surface area (Å²) < 4.78 is 0. The molecule has 0 aliphatic heterocycles. The second kappa shape index (κ2) is 4.92. The van der Waals surface area contributed by atoms with Crippen LogP contribution in [0.5, 0.6) is 0 Å². The smallest absolute Gasteiger partial charge is 0.267 e. The highest BCUT2D eigenvalue weighted by atomic mass is 16.2. The van der Waals surface area contributed by atoms with Crippen LogP contribution < -0.4 is 5.43 Å². The van der Waals surface area contributed by atoms with E-state index >= 15 is 0 Å². The zero-order chi connectivity index (χ0) is 12.2. The summed E-state index contributed by atoms with van der Waals surface area (Å²) in [4.78, 5) is 11.7. The van der Waals surface area contributed by atoms with Gasteiger partial charge in [-0.3, -0.25) is 4.79 Å². The fraction of sp³-hybridized carbons (Fsp3) is 0.385. The van der Waals surface area contributed by atoms with Crippen molar-refractivity contribution in [3.05, 3.63) is 35.9 Å². The highest BCUT2D eigenvalue weighted by Crippen LogP contribution is 2.14. The van der Waals surface area contributed by atoms with Crippen LogP contribution in [0.2, 0.25) is 0 Å². The lowest BCUT2D eigenvalue weighted by molar-refractivity contribution is 0.0954. The SMILES string of the molecule is C/C(=N/NC(=O)c1ccccc1)C(C)(C)C. The Kier molecular flexibility index (Phi) is 3.82. The third kappa shape index (κ3) is 3.50. The van der Waals surface area contributed by atoms with Gasteiger partial charge in [-0.25, -0.2) is 5.43 Å². The first-order valence-electron chi connectivity index (χ1n) is 5.31. The van der Waals surface area contributed by atoms with Crippen molar-refractivity contribution in [1.82, 2.24) is 5.43 Å². The number of benzene rings is 1.